The van der Waals surface area contributed by atoms with Crippen LogP contribution in [0.25, 0.3) is 0 Å². The minimum Gasteiger partial charge on any atom is -0.314 e. The summed E-state index contributed by atoms with van der Waals surface area (Å²) in [6, 6.07) is 0. The molecule has 0 unspecified atom stereocenters. The van der Waals surface area contributed by atoms with Gasteiger partial charge >= 0.3 is 0 Å². The Kier molecular flexibility index (Phi) is 4.63. The number of nitrogens with one attached hydrogen (secondary N) is 1. The molecular formula is C14H29N3S. The van der Waals surface area contributed by atoms with Gasteiger partial charge in [-0.2, -0.15) is 11.8 Å². The van der Waals surface area contributed by atoms with Crippen LogP contribution in [0.2, 0.25) is 0 Å². The van der Waals surface area contributed by atoms with E-state index in [0.29, 0.717) is 10.3 Å². The monoisotopic (exact) mass is 271 g/mol. The third-order valence-electron chi connectivity index (χ3n) is 4.09. The van der Waals surface area contributed by atoms with E-state index in [1.165, 1.54) is 38.5 Å². The van der Waals surface area contributed by atoms with E-state index in [9.17, 15) is 0 Å². The molecule has 1 N–H and O–H groups in total. The number of rotatable bonds is 3. The highest BCUT2D eigenvalue weighted by Crippen LogP contribution is 2.30. The molecule has 0 atom stereocenters. The molecule has 4 heteroatoms. The summed E-state index contributed by atoms with van der Waals surface area (Å²) in [5.74, 6) is 1.28. The van der Waals surface area contributed by atoms with Gasteiger partial charge in [-0.25, -0.2) is 0 Å². The van der Waals surface area contributed by atoms with Crippen LogP contribution in [0.3, 0.4) is 0 Å². The Balaban J connectivity index is 1.90. The Hall–Kier alpha value is 0.230. The molecule has 2 saturated heterocycles. The van der Waals surface area contributed by atoms with Gasteiger partial charge in [-0.05, 0) is 27.7 Å². The van der Waals surface area contributed by atoms with E-state index >= 15 is 0 Å². The molecule has 0 aromatic carbocycles. The molecule has 18 heavy (non-hydrogen) atoms. The minimum atomic E-state index is 0.306. The molecule has 106 valence electrons. The summed E-state index contributed by atoms with van der Waals surface area (Å²) in [5.41, 5.74) is 0.306. The van der Waals surface area contributed by atoms with Gasteiger partial charge in [-0.1, -0.05) is 0 Å². The fourth-order valence-electron chi connectivity index (χ4n) is 3.17. The lowest BCUT2D eigenvalue weighted by Gasteiger charge is -2.46. The van der Waals surface area contributed by atoms with Gasteiger partial charge in [0.15, 0.2) is 0 Å². The van der Waals surface area contributed by atoms with Gasteiger partial charge in [0.05, 0.1) is 0 Å². The van der Waals surface area contributed by atoms with Crippen LogP contribution in [-0.4, -0.2) is 71.7 Å². The molecule has 3 nitrogen and oxygen atoms in total. The van der Waals surface area contributed by atoms with E-state index < -0.39 is 0 Å². The predicted molar refractivity (Wildman–Crippen MR) is 81.5 cm³/mol. The molecule has 0 aliphatic carbocycles. The molecule has 0 spiro atoms. The van der Waals surface area contributed by atoms with Crippen LogP contribution in [0.5, 0.6) is 0 Å². The van der Waals surface area contributed by atoms with E-state index in [-0.39, 0.29) is 0 Å². The van der Waals surface area contributed by atoms with Gasteiger partial charge in [-0.15, -0.1) is 0 Å². The third kappa shape index (κ3) is 3.86. The maximum Gasteiger partial charge on any atom is 0.0281 e. The first-order valence-corrected chi connectivity index (χ1v) is 8.20. The molecule has 2 heterocycles. The van der Waals surface area contributed by atoms with E-state index in [1.54, 1.807) is 0 Å². The average Bonchev–Trinajstić information content (AvgIpc) is 2.28. The first kappa shape index (κ1) is 14.6. The van der Waals surface area contributed by atoms with Crippen molar-refractivity contribution in [3.8, 4) is 0 Å². The average molecular weight is 271 g/mol. The van der Waals surface area contributed by atoms with Gasteiger partial charge in [0, 0.05) is 61.9 Å². The summed E-state index contributed by atoms with van der Waals surface area (Å²) in [6.45, 7) is 17.9. The number of hydrogen-bond donors (Lipinski definition) is 1. The summed E-state index contributed by atoms with van der Waals surface area (Å²) in [4.78, 5) is 5.32. The van der Waals surface area contributed by atoms with Gasteiger partial charge in [0.1, 0.15) is 0 Å². The molecule has 2 aliphatic heterocycles. The molecule has 0 aromatic rings. The number of hydrogen-bond acceptors (Lipinski definition) is 4. The Morgan fingerprint density at radius 2 is 1.83 bits per heavy atom. The third-order valence-corrected chi connectivity index (χ3v) is 5.39. The summed E-state index contributed by atoms with van der Waals surface area (Å²) >= 11 is 2.12. The quantitative estimate of drug-likeness (QED) is 0.838. The minimum absolute atomic E-state index is 0.306. The van der Waals surface area contributed by atoms with Crippen molar-refractivity contribution in [2.75, 3.05) is 51.6 Å². The van der Waals surface area contributed by atoms with Crippen molar-refractivity contribution in [2.24, 2.45) is 0 Å². The Morgan fingerprint density at radius 3 is 2.44 bits per heavy atom. The second-order valence-corrected chi connectivity index (χ2v) is 8.67. The van der Waals surface area contributed by atoms with Crippen molar-refractivity contribution >= 4 is 11.8 Å². The van der Waals surface area contributed by atoms with E-state index in [4.69, 9.17) is 0 Å². The van der Waals surface area contributed by atoms with Crippen molar-refractivity contribution < 1.29 is 0 Å². The molecule has 2 fully saturated rings. The topological polar surface area (TPSA) is 18.5 Å². The lowest BCUT2D eigenvalue weighted by atomic mass is 10.00. The zero-order chi connectivity index (χ0) is 13.2. The maximum atomic E-state index is 3.44. The van der Waals surface area contributed by atoms with Crippen LogP contribution in [0, 0.1) is 0 Å². The van der Waals surface area contributed by atoms with Crippen molar-refractivity contribution in [3.05, 3.63) is 0 Å². The smallest absolute Gasteiger partial charge is 0.0281 e. The van der Waals surface area contributed by atoms with Gasteiger partial charge in [0.25, 0.3) is 0 Å². The van der Waals surface area contributed by atoms with Crippen LogP contribution in [0.1, 0.15) is 27.7 Å². The largest absolute Gasteiger partial charge is 0.314 e. The maximum absolute atomic E-state index is 3.44. The molecule has 0 amide bonds. The molecule has 0 radical (unpaired) electrons. The van der Waals surface area contributed by atoms with Crippen LogP contribution in [0.15, 0.2) is 0 Å². The highest BCUT2D eigenvalue weighted by molar-refractivity contribution is 8.00. The van der Waals surface area contributed by atoms with Crippen LogP contribution in [-0.2, 0) is 0 Å². The van der Waals surface area contributed by atoms with E-state index in [0.717, 1.165) is 13.1 Å². The van der Waals surface area contributed by atoms with Crippen molar-refractivity contribution in [2.45, 2.75) is 38.0 Å². The van der Waals surface area contributed by atoms with E-state index in [1.807, 2.05) is 0 Å². The highest BCUT2D eigenvalue weighted by Gasteiger charge is 2.33. The van der Waals surface area contributed by atoms with Crippen molar-refractivity contribution in [3.63, 3.8) is 0 Å². The number of thioether (sulfide) groups is 1. The predicted octanol–water partition coefficient (Wildman–Crippen LogP) is 1.50. The first-order chi connectivity index (χ1) is 8.39. The summed E-state index contributed by atoms with van der Waals surface area (Å²) in [7, 11) is 0. The molecule has 0 bridgehead atoms. The standard InChI is InChI=1S/C14H29N3S/c1-13(2,17-7-5-15-6-8-17)11-16-9-10-18-14(3,4)12-16/h15H,5-12H2,1-4H3. The van der Waals surface area contributed by atoms with Crippen LogP contribution < -0.4 is 5.32 Å². The fourth-order valence-corrected chi connectivity index (χ4v) is 4.34. The van der Waals surface area contributed by atoms with Gasteiger partial charge in [0.2, 0.25) is 0 Å². The Bertz CT molecular complexity index is 272. The molecule has 0 saturated carbocycles. The second kappa shape index (κ2) is 5.70. The van der Waals surface area contributed by atoms with Crippen molar-refractivity contribution in [1.82, 2.24) is 15.1 Å². The fraction of sp³-hybridized carbons (Fsp3) is 1.00. The Morgan fingerprint density at radius 1 is 1.17 bits per heavy atom. The zero-order valence-electron chi connectivity index (χ0n) is 12.5. The SMILES string of the molecule is CC1(C)CN(CC(C)(C)N2CCNCC2)CCS1. The van der Waals surface area contributed by atoms with Gasteiger partial charge < -0.3 is 5.32 Å². The zero-order valence-corrected chi connectivity index (χ0v) is 13.3. The number of nitrogens with zero attached hydrogens (tertiary/aromatic N) is 2. The summed E-state index contributed by atoms with van der Waals surface area (Å²) in [5, 5.41) is 3.44. The molecule has 0 aromatic heterocycles. The van der Waals surface area contributed by atoms with E-state index in [2.05, 4.69) is 54.6 Å². The molecule has 2 aliphatic rings. The second-order valence-electron chi connectivity index (χ2n) is 6.87. The number of piperazine rings is 1. The normalized spacial score (nSPS) is 27.3. The Labute approximate surface area is 117 Å². The summed E-state index contributed by atoms with van der Waals surface area (Å²) < 4.78 is 0.428. The molecular weight excluding hydrogens is 242 g/mol. The highest BCUT2D eigenvalue weighted by atomic mass is 32.2. The molecule has 2 rings (SSSR count). The lowest BCUT2D eigenvalue weighted by molar-refractivity contribution is 0.0616. The van der Waals surface area contributed by atoms with Crippen molar-refractivity contribution in [1.29, 1.82) is 0 Å². The summed E-state index contributed by atoms with van der Waals surface area (Å²) in [6.07, 6.45) is 0. The van der Waals surface area contributed by atoms with Gasteiger partial charge in [-0.3, -0.25) is 9.80 Å². The van der Waals surface area contributed by atoms with Crippen LogP contribution in [0.4, 0.5) is 0 Å². The van der Waals surface area contributed by atoms with Crippen LogP contribution >= 0.6 is 11.8 Å². The lowest BCUT2D eigenvalue weighted by Crippen LogP contribution is -2.59. The first-order valence-electron chi connectivity index (χ1n) is 7.21.